The summed E-state index contributed by atoms with van der Waals surface area (Å²) in [6, 6.07) is 16.0. The van der Waals surface area contributed by atoms with Gasteiger partial charge in [-0.15, -0.1) is 11.3 Å². The Labute approximate surface area is 179 Å². The molecular formula is C19H19N3O5S3. The number of hydrogen-bond acceptors (Lipinski definition) is 6. The number of anilines is 3. The topological polar surface area (TPSA) is 121 Å². The monoisotopic (exact) mass is 465 g/mol. The zero-order chi connectivity index (χ0) is 21.8. The second-order valence-electron chi connectivity index (χ2n) is 6.41. The van der Waals surface area contributed by atoms with E-state index in [9.17, 15) is 21.6 Å². The van der Waals surface area contributed by atoms with Crippen LogP contribution in [0, 0.1) is 0 Å². The fourth-order valence-corrected chi connectivity index (χ4v) is 5.15. The first-order valence-corrected chi connectivity index (χ1v) is 12.9. The predicted octanol–water partition coefficient (Wildman–Crippen LogP) is 3.10. The molecule has 3 aromatic rings. The van der Waals surface area contributed by atoms with Crippen LogP contribution in [-0.4, -0.2) is 29.0 Å². The van der Waals surface area contributed by atoms with Crippen molar-refractivity contribution in [1.29, 1.82) is 0 Å². The molecule has 11 heteroatoms. The number of hydrogen-bond donors (Lipinski definition) is 3. The van der Waals surface area contributed by atoms with Crippen molar-refractivity contribution in [3.8, 4) is 0 Å². The Morgan fingerprint density at radius 1 is 0.833 bits per heavy atom. The van der Waals surface area contributed by atoms with Crippen LogP contribution < -0.4 is 14.8 Å². The molecule has 0 unspecified atom stereocenters. The van der Waals surface area contributed by atoms with Crippen LogP contribution in [0.15, 0.2) is 70.3 Å². The van der Waals surface area contributed by atoms with Gasteiger partial charge in [-0.3, -0.25) is 14.2 Å². The third-order valence-electron chi connectivity index (χ3n) is 3.80. The normalized spacial score (nSPS) is 11.6. The fourth-order valence-electron chi connectivity index (χ4n) is 2.54. The Morgan fingerprint density at radius 3 is 1.97 bits per heavy atom. The molecule has 1 amide bonds. The van der Waals surface area contributed by atoms with Crippen LogP contribution in [0.4, 0.5) is 17.1 Å². The second kappa shape index (κ2) is 8.86. The summed E-state index contributed by atoms with van der Waals surface area (Å²) in [7, 11) is -6.98. The maximum absolute atomic E-state index is 12.2. The highest BCUT2D eigenvalue weighted by molar-refractivity contribution is 7.94. The van der Waals surface area contributed by atoms with Crippen LogP contribution in [0.3, 0.4) is 0 Å². The van der Waals surface area contributed by atoms with Crippen LogP contribution in [0.2, 0.25) is 0 Å². The van der Waals surface area contributed by atoms with E-state index in [1.165, 1.54) is 6.07 Å². The Bertz CT molecular complexity index is 1220. The van der Waals surface area contributed by atoms with Gasteiger partial charge in [0, 0.05) is 17.1 Å². The minimum absolute atomic E-state index is 0.0985. The number of carbonyl (C=O) groups excluding carboxylic acids is 1. The summed E-state index contributed by atoms with van der Waals surface area (Å²) < 4.78 is 51.9. The van der Waals surface area contributed by atoms with Gasteiger partial charge < -0.3 is 5.32 Å². The molecule has 0 aliphatic heterocycles. The van der Waals surface area contributed by atoms with E-state index < -0.39 is 20.0 Å². The molecule has 0 saturated carbocycles. The highest BCUT2D eigenvalue weighted by Crippen LogP contribution is 2.21. The molecule has 3 rings (SSSR count). The average molecular weight is 466 g/mol. The Kier molecular flexibility index (Phi) is 6.44. The molecule has 0 spiro atoms. The Balaban J connectivity index is 1.57. The van der Waals surface area contributed by atoms with Gasteiger partial charge in [0.25, 0.3) is 10.0 Å². The number of nitrogens with one attached hydrogen (secondary N) is 3. The summed E-state index contributed by atoms with van der Waals surface area (Å²) in [4.78, 5) is 12.2. The van der Waals surface area contributed by atoms with Crippen molar-refractivity contribution < 1.29 is 21.6 Å². The van der Waals surface area contributed by atoms with Crippen LogP contribution in [0.5, 0.6) is 0 Å². The van der Waals surface area contributed by atoms with E-state index in [0.717, 1.165) is 17.6 Å². The van der Waals surface area contributed by atoms with E-state index in [4.69, 9.17) is 0 Å². The first-order valence-electron chi connectivity index (χ1n) is 8.64. The lowest BCUT2D eigenvalue weighted by atomic mass is 10.1. The Hall–Kier alpha value is -2.89. The molecule has 3 N–H and O–H groups in total. The van der Waals surface area contributed by atoms with E-state index in [-0.39, 0.29) is 16.5 Å². The van der Waals surface area contributed by atoms with E-state index in [1.54, 1.807) is 60.0 Å². The lowest BCUT2D eigenvalue weighted by molar-refractivity contribution is -0.115. The number of benzene rings is 2. The van der Waals surface area contributed by atoms with Gasteiger partial charge in [-0.05, 0) is 53.4 Å². The fraction of sp³-hybridized carbons (Fsp3) is 0.105. The quantitative estimate of drug-likeness (QED) is 0.472. The molecule has 8 nitrogen and oxygen atoms in total. The molecule has 0 fully saturated rings. The van der Waals surface area contributed by atoms with Crippen molar-refractivity contribution in [1.82, 2.24) is 0 Å². The summed E-state index contributed by atoms with van der Waals surface area (Å²) in [5, 5.41) is 4.41. The minimum atomic E-state index is -3.62. The van der Waals surface area contributed by atoms with E-state index in [2.05, 4.69) is 14.8 Å². The average Bonchev–Trinajstić information content (AvgIpc) is 3.19. The number of carbonyl (C=O) groups is 1. The van der Waals surface area contributed by atoms with Gasteiger partial charge in [0.1, 0.15) is 4.21 Å². The van der Waals surface area contributed by atoms with Gasteiger partial charge in [0.05, 0.1) is 12.7 Å². The number of sulfonamides is 2. The number of rotatable bonds is 8. The van der Waals surface area contributed by atoms with Crippen molar-refractivity contribution in [2.75, 3.05) is 21.0 Å². The lowest BCUT2D eigenvalue weighted by Gasteiger charge is -2.09. The summed E-state index contributed by atoms with van der Waals surface area (Å²) in [6.45, 7) is 0. The van der Waals surface area contributed by atoms with Gasteiger partial charge in [0.2, 0.25) is 15.9 Å². The van der Waals surface area contributed by atoms with Crippen LogP contribution in [0.1, 0.15) is 5.56 Å². The maximum atomic E-state index is 12.2. The highest BCUT2D eigenvalue weighted by Gasteiger charge is 2.15. The van der Waals surface area contributed by atoms with Gasteiger partial charge in [-0.1, -0.05) is 18.2 Å². The molecule has 0 aliphatic rings. The summed E-state index contributed by atoms with van der Waals surface area (Å²) in [5.41, 5.74) is 2.04. The molecule has 158 valence electrons. The largest absolute Gasteiger partial charge is 0.326 e. The van der Waals surface area contributed by atoms with E-state index in [0.29, 0.717) is 22.6 Å². The molecule has 0 atom stereocenters. The smallest absolute Gasteiger partial charge is 0.271 e. The first-order chi connectivity index (χ1) is 14.1. The van der Waals surface area contributed by atoms with Crippen LogP contribution in [0.25, 0.3) is 0 Å². The zero-order valence-corrected chi connectivity index (χ0v) is 18.3. The summed E-state index contributed by atoms with van der Waals surface area (Å²) >= 11 is 1.13. The predicted molar refractivity (Wildman–Crippen MR) is 119 cm³/mol. The molecule has 2 aromatic carbocycles. The zero-order valence-electron chi connectivity index (χ0n) is 15.8. The molecule has 0 aliphatic carbocycles. The summed E-state index contributed by atoms with van der Waals surface area (Å²) in [5.74, 6) is -0.259. The van der Waals surface area contributed by atoms with Crippen molar-refractivity contribution in [3.63, 3.8) is 0 Å². The standard InChI is InChI=1S/C19H19N3O5S3/c1-29(24,25)21-16-10-8-15(9-11-16)20-18(23)13-14-4-6-17(7-5-14)22-30(26,27)19-3-2-12-28-19/h2-12,21-22H,13H2,1H3,(H,20,23). The molecule has 0 radical (unpaired) electrons. The van der Waals surface area contributed by atoms with Crippen molar-refractivity contribution in [2.45, 2.75) is 10.6 Å². The van der Waals surface area contributed by atoms with Crippen molar-refractivity contribution in [2.24, 2.45) is 0 Å². The van der Waals surface area contributed by atoms with Crippen LogP contribution in [-0.2, 0) is 31.3 Å². The third kappa shape index (κ3) is 6.31. The van der Waals surface area contributed by atoms with Crippen LogP contribution >= 0.6 is 11.3 Å². The Morgan fingerprint density at radius 2 is 1.40 bits per heavy atom. The molecule has 30 heavy (non-hydrogen) atoms. The van der Waals surface area contributed by atoms with Crippen molar-refractivity contribution in [3.05, 3.63) is 71.6 Å². The SMILES string of the molecule is CS(=O)(=O)Nc1ccc(NC(=O)Cc2ccc(NS(=O)(=O)c3cccs3)cc2)cc1. The number of amides is 1. The number of thiophene rings is 1. The molecule has 0 saturated heterocycles. The van der Waals surface area contributed by atoms with E-state index >= 15 is 0 Å². The first kappa shape index (κ1) is 21.8. The van der Waals surface area contributed by atoms with Gasteiger partial charge in [-0.2, -0.15) is 0 Å². The molecular weight excluding hydrogens is 446 g/mol. The third-order valence-corrected chi connectivity index (χ3v) is 7.19. The van der Waals surface area contributed by atoms with Crippen molar-refractivity contribution >= 4 is 54.4 Å². The lowest BCUT2D eigenvalue weighted by Crippen LogP contribution is -2.15. The summed E-state index contributed by atoms with van der Waals surface area (Å²) in [6.07, 6.45) is 1.16. The molecule has 0 bridgehead atoms. The highest BCUT2D eigenvalue weighted by atomic mass is 32.2. The molecule has 1 heterocycles. The molecule has 1 aromatic heterocycles. The van der Waals surface area contributed by atoms with Gasteiger partial charge in [0.15, 0.2) is 0 Å². The minimum Gasteiger partial charge on any atom is -0.326 e. The second-order valence-corrected chi connectivity index (χ2v) is 11.0. The van der Waals surface area contributed by atoms with E-state index in [1.807, 2.05) is 0 Å². The maximum Gasteiger partial charge on any atom is 0.271 e. The van der Waals surface area contributed by atoms with Gasteiger partial charge >= 0.3 is 0 Å². The van der Waals surface area contributed by atoms with Gasteiger partial charge in [-0.25, -0.2) is 16.8 Å².